The number of benzene rings is 2. The van der Waals surface area contributed by atoms with Crippen molar-refractivity contribution in [2.24, 2.45) is 10.8 Å². The molecule has 0 spiro atoms. The Morgan fingerprint density at radius 1 is 0.886 bits per heavy atom. The lowest BCUT2D eigenvalue weighted by Gasteiger charge is -2.30. The van der Waals surface area contributed by atoms with E-state index >= 15 is 0 Å². The molecule has 2 aromatic carbocycles. The first-order valence-corrected chi connectivity index (χ1v) is 15.0. The fourth-order valence-electron chi connectivity index (χ4n) is 4.41. The van der Waals surface area contributed by atoms with Crippen LogP contribution in [0.1, 0.15) is 90.3 Å². The third-order valence-electron chi connectivity index (χ3n) is 7.30. The van der Waals surface area contributed by atoms with E-state index in [1.807, 2.05) is 19.9 Å². The summed E-state index contributed by atoms with van der Waals surface area (Å²) < 4.78 is 11.1. The van der Waals surface area contributed by atoms with E-state index in [0.29, 0.717) is 24.1 Å². The zero-order chi connectivity index (χ0) is 32.9. The molecule has 0 bridgehead atoms. The molecule has 1 aliphatic rings. The first-order valence-electron chi connectivity index (χ1n) is 15.0. The maximum Gasteiger partial charge on any atom is 0.316 e. The molecule has 44 heavy (non-hydrogen) atoms. The lowest BCUT2D eigenvalue weighted by atomic mass is 9.97. The van der Waals surface area contributed by atoms with Crippen molar-refractivity contribution in [3.8, 4) is 11.5 Å². The van der Waals surface area contributed by atoms with E-state index < -0.39 is 40.5 Å². The number of carbonyl (C=O) groups is 4. The Balaban J connectivity index is 1.63. The molecule has 0 aromatic heterocycles. The normalized spacial score (nSPS) is 16.3. The molecule has 10 nitrogen and oxygen atoms in total. The van der Waals surface area contributed by atoms with Crippen LogP contribution in [0.25, 0.3) is 0 Å². The Morgan fingerprint density at radius 2 is 1.48 bits per heavy atom. The number of amides is 2. The second-order valence-corrected chi connectivity index (χ2v) is 14.0. The largest absolute Gasteiger partial charge is 0.422 e. The van der Waals surface area contributed by atoms with Gasteiger partial charge in [0.1, 0.15) is 6.04 Å². The summed E-state index contributed by atoms with van der Waals surface area (Å²) in [5.74, 6) is -1.26. The van der Waals surface area contributed by atoms with E-state index in [1.54, 1.807) is 76.8 Å². The van der Waals surface area contributed by atoms with Crippen molar-refractivity contribution in [1.29, 1.82) is 0 Å². The van der Waals surface area contributed by atoms with E-state index in [9.17, 15) is 24.3 Å². The Labute approximate surface area is 260 Å². The third-order valence-corrected chi connectivity index (χ3v) is 7.30. The van der Waals surface area contributed by atoms with E-state index in [4.69, 9.17) is 9.47 Å². The highest BCUT2D eigenvalue weighted by Crippen LogP contribution is 2.34. The molecule has 0 saturated carbocycles. The van der Waals surface area contributed by atoms with Crippen molar-refractivity contribution < 1.29 is 33.8 Å². The Morgan fingerprint density at radius 3 is 2.07 bits per heavy atom. The Kier molecular flexibility index (Phi) is 11.0. The molecule has 2 amide bonds. The van der Waals surface area contributed by atoms with Crippen LogP contribution in [0.15, 0.2) is 48.5 Å². The lowest BCUT2D eigenvalue weighted by Crippen LogP contribution is -2.53. The number of carbonyl (C=O) groups excluding carboxylic acids is 4. The summed E-state index contributed by atoms with van der Waals surface area (Å²) in [5, 5.41) is 17.3. The van der Waals surface area contributed by atoms with Crippen molar-refractivity contribution in [3.05, 3.63) is 59.7 Å². The van der Waals surface area contributed by atoms with E-state index in [2.05, 4.69) is 10.6 Å². The second-order valence-electron chi connectivity index (χ2n) is 14.0. The second kappa shape index (κ2) is 13.9. The van der Waals surface area contributed by atoms with Gasteiger partial charge in [-0.1, -0.05) is 24.3 Å². The van der Waals surface area contributed by atoms with Gasteiger partial charge >= 0.3 is 11.9 Å². The highest BCUT2D eigenvalue weighted by Gasteiger charge is 2.35. The van der Waals surface area contributed by atoms with Crippen LogP contribution in [0.4, 0.5) is 0 Å². The fourth-order valence-corrected chi connectivity index (χ4v) is 4.41. The molecule has 2 atom stereocenters. The number of β-amino-alcohol motifs (C(OH)–C–C–N with tert-alkyl or cyclic N) is 1. The van der Waals surface area contributed by atoms with Crippen LogP contribution >= 0.6 is 0 Å². The molecule has 3 rings (SSSR count). The highest BCUT2D eigenvalue weighted by molar-refractivity contribution is 5.98. The molecule has 10 heteroatoms. The van der Waals surface area contributed by atoms with E-state index in [0.717, 1.165) is 6.42 Å². The van der Waals surface area contributed by atoms with Gasteiger partial charge in [-0.15, -0.1) is 0 Å². The molecule has 1 saturated heterocycles. The minimum Gasteiger partial charge on any atom is -0.422 e. The Bertz CT molecular complexity index is 1340. The third kappa shape index (κ3) is 9.37. The van der Waals surface area contributed by atoms with Gasteiger partial charge in [-0.3, -0.25) is 19.2 Å². The lowest BCUT2D eigenvalue weighted by molar-refractivity contribution is -0.145. The molecule has 1 fully saturated rings. The molecule has 2 aromatic rings. The van der Waals surface area contributed by atoms with Crippen LogP contribution in [0, 0.1) is 10.8 Å². The van der Waals surface area contributed by atoms with Crippen molar-refractivity contribution in [2.45, 2.75) is 85.9 Å². The van der Waals surface area contributed by atoms with E-state index in [-0.39, 0.29) is 36.4 Å². The fraction of sp³-hybridized carbons (Fsp3) is 0.529. The van der Waals surface area contributed by atoms with Crippen molar-refractivity contribution >= 4 is 23.8 Å². The minimum absolute atomic E-state index is 0.0387. The van der Waals surface area contributed by atoms with Crippen LogP contribution < -0.4 is 20.1 Å². The molecular formula is C34H47N3O7. The van der Waals surface area contributed by atoms with Crippen LogP contribution in [-0.2, 0) is 14.4 Å². The first kappa shape index (κ1) is 34.7. The summed E-state index contributed by atoms with van der Waals surface area (Å²) in [5.41, 5.74) is -1.18. The molecular weight excluding hydrogens is 562 g/mol. The van der Waals surface area contributed by atoms with Crippen LogP contribution in [-0.4, -0.2) is 65.0 Å². The molecule has 240 valence electrons. The van der Waals surface area contributed by atoms with Gasteiger partial charge in [0.2, 0.25) is 5.91 Å². The average Bonchev–Trinajstić information content (AvgIpc) is 3.45. The maximum atomic E-state index is 13.1. The number of aliphatic hydroxyl groups is 1. The van der Waals surface area contributed by atoms with Crippen molar-refractivity contribution in [2.75, 3.05) is 19.6 Å². The zero-order valence-corrected chi connectivity index (χ0v) is 27.2. The van der Waals surface area contributed by atoms with Crippen LogP contribution in [0.3, 0.4) is 0 Å². The Hall–Kier alpha value is -3.76. The van der Waals surface area contributed by atoms with Gasteiger partial charge in [0.25, 0.3) is 5.91 Å². The average molecular weight is 610 g/mol. The summed E-state index contributed by atoms with van der Waals surface area (Å²) in [6.07, 6.45) is 0.351. The standard InChI is InChI=1S/C34H47N3O7/c1-32(2,3)30(41)43-26-17-16-23(19-27(26)44-31(42)33(4,5)6)25(38)20-36-34(7,8)21-35-28(39)24-15-12-18-37(24)29(40)22-13-10-9-11-14-22/h9-11,13-14,16-17,19,24-25,36,38H,12,15,18,20-21H2,1-8H3,(H,35,39)/t24-,25?/m1/s1. The molecule has 1 unspecified atom stereocenters. The van der Waals surface area contributed by atoms with Crippen LogP contribution in [0.2, 0.25) is 0 Å². The SMILES string of the molecule is CC(C)(CNC(=O)[C@H]1CCCN1C(=O)c1ccccc1)NCC(O)c1ccc(OC(=O)C(C)(C)C)c(OC(=O)C(C)(C)C)c1. The number of likely N-dealkylation sites (tertiary alicyclic amines) is 1. The van der Waals surface area contributed by atoms with Gasteiger partial charge in [0.15, 0.2) is 11.5 Å². The smallest absolute Gasteiger partial charge is 0.316 e. The number of esters is 2. The van der Waals surface area contributed by atoms with Gasteiger partial charge in [-0.25, -0.2) is 0 Å². The van der Waals surface area contributed by atoms with Gasteiger partial charge in [-0.05, 0) is 98.1 Å². The minimum atomic E-state index is -1.00. The summed E-state index contributed by atoms with van der Waals surface area (Å²) in [6, 6.07) is 13.0. The number of nitrogens with zero attached hydrogens (tertiary/aromatic N) is 1. The number of aliphatic hydroxyl groups excluding tert-OH is 1. The molecule has 0 aliphatic carbocycles. The maximum absolute atomic E-state index is 13.1. The van der Waals surface area contributed by atoms with Gasteiger partial charge < -0.3 is 30.1 Å². The number of hydrogen-bond acceptors (Lipinski definition) is 8. The highest BCUT2D eigenvalue weighted by atomic mass is 16.6. The van der Waals surface area contributed by atoms with Gasteiger partial charge in [0, 0.05) is 30.7 Å². The monoisotopic (exact) mass is 609 g/mol. The number of rotatable bonds is 10. The van der Waals surface area contributed by atoms with Crippen molar-refractivity contribution in [3.63, 3.8) is 0 Å². The quantitative estimate of drug-likeness (QED) is 0.266. The molecule has 1 heterocycles. The number of nitrogens with one attached hydrogen (secondary N) is 2. The summed E-state index contributed by atoms with van der Waals surface area (Å²) >= 11 is 0. The van der Waals surface area contributed by atoms with E-state index in [1.165, 1.54) is 12.1 Å². The number of hydrogen-bond donors (Lipinski definition) is 3. The van der Waals surface area contributed by atoms with Crippen LogP contribution in [0.5, 0.6) is 11.5 Å². The number of ether oxygens (including phenoxy) is 2. The van der Waals surface area contributed by atoms with Gasteiger partial charge in [0.05, 0.1) is 16.9 Å². The summed E-state index contributed by atoms with van der Waals surface area (Å²) in [6.45, 7) is 15.0. The molecule has 0 radical (unpaired) electrons. The zero-order valence-electron chi connectivity index (χ0n) is 27.2. The summed E-state index contributed by atoms with van der Waals surface area (Å²) in [4.78, 5) is 52.9. The summed E-state index contributed by atoms with van der Waals surface area (Å²) in [7, 11) is 0. The molecule has 1 aliphatic heterocycles. The topological polar surface area (TPSA) is 134 Å². The predicted octanol–water partition coefficient (Wildman–Crippen LogP) is 4.41. The van der Waals surface area contributed by atoms with Gasteiger partial charge in [-0.2, -0.15) is 0 Å². The van der Waals surface area contributed by atoms with Crippen molar-refractivity contribution in [1.82, 2.24) is 15.5 Å². The first-order chi connectivity index (χ1) is 20.4. The predicted molar refractivity (Wildman–Crippen MR) is 167 cm³/mol. The molecule has 3 N–H and O–H groups in total.